The van der Waals surface area contributed by atoms with Crippen molar-refractivity contribution >= 4 is 58.1 Å². The molecule has 5 nitrogen and oxygen atoms in total. The van der Waals surface area contributed by atoms with Crippen LogP contribution in [0.5, 0.6) is 0 Å². The van der Waals surface area contributed by atoms with Gasteiger partial charge in [-0.1, -0.05) is 35.3 Å². The molecule has 2 aromatic rings. The van der Waals surface area contributed by atoms with Gasteiger partial charge in [-0.05, 0) is 42.5 Å². The Kier molecular flexibility index (Phi) is 7.22. The summed E-state index contributed by atoms with van der Waals surface area (Å²) >= 11 is 16.9. The molecule has 0 spiro atoms. The van der Waals surface area contributed by atoms with Crippen LogP contribution in [0.4, 0.5) is 18.9 Å². The molecule has 0 saturated carbocycles. The van der Waals surface area contributed by atoms with Crippen LogP contribution in [0.15, 0.2) is 42.5 Å². The third kappa shape index (κ3) is 6.36. The highest BCUT2D eigenvalue weighted by atomic mass is 35.5. The van der Waals surface area contributed by atoms with Crippen LogP contribution in [0.3, 0.4) is 0 Å². The number of carbonyl (C=O) groups excluding carboxylic acids is 2. The van der Waals surface area contributed by atoms with Gasteiger partial charge < -0.3 is 10.1 Å². The lowest BCUT2D eigenvalue weighted by molar-refractivity contribution is -0.161. The quantitative estimate of drug-likeness (QED) is 0.515. The van der Waals surface area contributed by atoms with Crippen molar-refractivity contribution in [1.82, 2.24) is 5.32 Å². The van der Waals surface area contributed by atoms with Gasteiger partial charge in [-0.25, -0.2) is 4.79 Å². The zero-order valence-electron chi connectivity index (χ0n) is 13.8. The summed E-state index contributed by atoms with van der Waals surface area (Å²) in [6.07, 6.45) is -4.69. The number of alkyl halides is 3. The number of esters is 1. The molecule has 0 fully saturated rings. The Morgan fingerprint density at radius 2 is 1.71 bits per heavy atom. The average Bonchev–Trinajstić information content (AvgIpc) is 2.62. The van der Waals surface area contributed by atoms with Crippen molar-refractivity contribution in [3.63, 3.8) is 0 Å². The molecule has 0 radical (unpaired) electrons. The minimum Gasteiger partial charge on any atom is -0.452 e. The van der Waals surface area contributed by atoms with Crippen LogP contribution in [0.1, 0.15) is 20.7 Å². The normalized spacial score (nSPS) is 10.9. The average molecular weight is 451 g/mol. The molecule has 28 heavy (non-hydrogen) atoms. The highest BCUT2D eigenvalue weighted by molar-refractivity contribution is 7.80. The molecule has 148 valence electrons. The predicted octanol–water partition coefficient (Wildman–Crippen LogP) is 4.84. The third-order valence-corrected chi connectivity index (χ3v) is 3.93. The molecule has 0 unspecified atom stereocenters. The lowest BCUT2D eigenvalue weighted by Crippen LogP contribution is -2.35. The van der Waals surface area contributed by atoms with Gasteiger partial charge in [-0.3, -0.25) is 10.1 Å². The summed E-state index contributed by atoms with van der Waals surface area (Å²) in [7, 11) is 0. The SMILES string of the molecule is O=C(NC(=S)Nc1cc(Cl)ccc1Cl)c1ccccc1C(=O)OCC(F)(F)F. The number of hydrogen-bond donors (Lipinski definition) is 2. The maximum Gasteiger partial charge on any atom is 0.422 e. The molecule has 0 heterocycles. The molecule has 0 aliphatic heterocycles. The van der Waals surface area contributed by atoms with Crippen molar-refractivity contribution in [3.8, 4) is 0 Å². The lowest BCUT2D eigenvalue weighted by atomic mass is 10.1. The fourth-order valence-corrected chi connectivity index (χ4v) is 2.54. The van der Waals surface area contributed by atoms with Gasteiger partial charge in [0.1, 0.15) is 0 Å². The first-order chi connectivity index (χ1) is 13.1. The molecule has 0 bridgehead atoms. The molecule has 1 amide bonds. The maximum absolute atomic E-state index is 12.4. The van der Waals surface area contributed by atoms with Crippen LogP contribution in [0, 0.1) is 0 Å². The Morgan fingerprint density at radius 1 is 1.07 bits per heavy atom. The fourth-order valence-electron chi connectivity index (χ4n) is 2.00. The first-order valence-corrected chi connectivity index (χ1v) is 8.63. The van der Waals surface area contributed by atoms with Crippen LogP contribution in [-0.4, -0.2) is 29.8 Å². The van der Waals surface area contributed by atoms with Gasteiger partial charge in [0.25, 0.3) is 5.91 Å². The van der Waals surface area contributed by atoms with Crippen molar-refractivity contribution in [3.05, 3.63) is 63.6 Å². The third-order valence-electron chi connectivity index (χ3n) is 3.16. The van der Waals surface area contributed by atoms with Crippen LogP contribution < -0.4 is 10.6 Å². The summed E-state index contributed by atoms with van der Waals surface area (Å²) in [5, 5.41) is 5.48. The van der Waals surface area contributed by atoms with Crippen LogP contribution in [0.2, 0.25) is 10.0 Å². The second kappa shape index (κ2) is 9.22. The van der Waals surface area contributed by atoms with E-state index in [0.717, 1.165) is 6.07 Å². The smallest absolute Gasteiger partial charge is 0.422 e. The number of nitrogens with one attached hydrogen (secondary N) is 2. The van der Waals surface area contributed by atoms with Crippen molar-refractivity contribution in [1.29, 1.82) is 0 Å². The highest BCUT2D eigenvalue weighted by Crippen LogP contribution is 2.25. The van der Waals surface area contributed by atoms with Crippen LogP contribution in [0.25, 0.3) is 0 Å². The number of benzene rings is 2. The molecule has 2 rings (SSSR count). The number of amides is 1. The Labute approximate surface area is 172 Å². The van der Waals surface area contributed by atoms with E-state index in [1.807, 2.05) is 0 Å². The van der Waals surface area contributed by atoms with Gasteiger partial charge in [0.15, 0.2) is 11.7 Å². The van der Waals surface area contributed by atoms with E-state index in [1.165, 1.54) is 30.3 Å². The number of carbonyl (C=O) groups is 2. The lowest BCUT2D eigenvalue weighted by Gasteiger charge is -2.13. The molecular formula is C17H11Cl2F3N2O3S. The largest absolute Gasteiger partial charge is 0.452 e. The van der Waals surface area contributed by atoms with Crippen molar-refractivity contribution < 1.29 is 27.5 Å². The number of halogens is 5. The van der Waals surface area contributed by atoms with Crippen molar-refractivity contribution in [2.45, 2.75) is 6.18 Å². The first-order valence-electron chi connectivity index (χ1n) is 7.47. The van der Waals surface area contributed by atoms with E-state index in [4.69, 9.17) is 35.4 Å². The van der Waals surface area contributed by atoms with Gasteiger partial charge in [0.05, 0.1) is 21.8 Å². The summed E-state index contributed by atoms with van der Waals surface area (Å²) in [4.78, 5) is 24.3. The standard InChI is InChI=1S/C17H11Cl2F3N2O3S/c18-9-5-6-12(19)13(7-9)23-16(28)24-14(25)10-3-1-2-4-11(10)15(26)27-8-17(20,21)22/h1-7H,8H2,(H2,23,24,25,28). The molecule has 0 saturated heterocycles. The van der Waals surface area contributed by atoms with Gasteiger partial charge in [-0.15, -0.1) is 0 Å². The maximum atomic E-state index is 12.4. The van der Waals surface area contributed by atoms with Gasteiger partial charge in [0.2, 0.25) is 0 Å². The predicted molar refractivity (Wildman–Crippen MR) is 103 cm³/mol. The summed E-state index contributed by atoms with van der Waals surface area (Å²) in [5.74, 6) is -2.12. The zero-order valence-corrected chi connectivity index (χ0v) is 16.1. The Hall–Kier alpha value is -2.36. The molecular weight excluding hydrogens is 440 g/mol. The number of ether oxygens (including phenoxy) is 1. The van der Waals surface area contributed by atoms with E-state index in [-0.39, 0.29) is 21.3 Å². The molecule has 2 N–H and O–H groups in total. The molecule has 0 aliphatic carbocycles. The van der Waals surface area contributed by atoms with E-state index >= 15 is 0 Å². The van der Waals surface area contributed by atoms with E-state index in [9.17, 15) is 22.8 Å². The van der Waals surface area contributed by atoms with Crippen LogP contribution >= 0.6 is 35.4 Å². The second-order valence-corrected chi connectivity index (χ2v) is 6.52. The Morgan fingerprint density at radius 3 is 2.36 bits per heavy atom. The second-order valence-electron chi connectivity index (χ2n) is 5.27. The summed E-state index contributed by atoms with van der Waals surface area (Å²) in [5.41, 5.74) is -0.221. The molecule has 11 heteroatoms. The van der Waals surface area contributed by atoms with Crippen molar-refractivity contribution in [2.24, 2.45) is 0 Å². The van der Waals surface area contributed by atoms with E-state index in [1.54, 1.807) is 6.07 Å². The van der Waals surface area contributed by atoms with E-state index in [2.05, 4.69) is 15.4 Å². The minimum absolute atomic E-state index is 0.160. The van der Waals surface area contributed by atoms with Crippen LogP contribution in [-0.2, 0) is 4.74 Å². The van der Waals surface area contributed by atoms with E-state index < -0.39 is 24.7 Å². The van der Waals surface area contributed by atoms with Gasteiger partial charge in [0, 0.05) is 5.02 Å². The molecule has 0 aliphatic rings. The number of anilines is 1. The van der Waals surface area contributed by atoms with Crippen molar-refractivity contribution in [2.75, 3.05) is 11.9 Å². The summed E-state index contributed by atoms with van der Waals surface area (Å²) < 4.78 is 40.9. The number of thiocarbonyl (C=S) groups is 1. The van der Waals surface area contributed by atoms with Gasteiger partial charge >= 0.3 is 12.1 Å². The summed E-state index contributed by atoms with van der Waals surface area (Å²) in [6, 6.07) is 9.77. The van der Waals surface area contributed by atoms with Gasteiger partial charge in [-0.2, -0.15) is 13.2 Å². The number of hydrogen-bond acceptors (Lipinski definition) is 4. The topological polar surface area (TPSA) is 67.4 Å². The molecule has 0 atom stereocenters. The number of rotatable bonds is 4. The minimum atomic E-state index is -4.69. The zero-order chi connectivity index (χ0) is 20.9. The Bertz CT molecular complexity index is 923. The first kappa shape index (κ1) is 21.9. The fraction of sp³-hybridized carbons (Fsp3) is 0.118. The summed E-state index contributed by atoms with van der Waals surface area (Å²) in [6.45, 7) is -1.77. The van der Waals surface area contributed by atoms with E-state index in [0.29, 0.717) is 10.7 Å². The highest BCUT2D eigenvalue weighted by Gasteiger charge is 2.30. The molecule has 2 aromatic carbocycles. The Balaban J connectivity index is 2.11. The molecule has 0 aromatic heterocycles. The monoisotopic (exact) mass is 450 g/mol.